The minimum Gasteiger partial charge on any atom is -0.355 e. The Morgan fingerprint density at radius 1 is 1.00 bits per heavy atom. The van der Waals surface area contributed by atoms with Crippen LogP contribution in [0.15, 0.2) is 66.9 Å². The van der Waals surface area contributed by atoms with Gasteiger partial charge >= 0.3 is 0 Å². The van der Waals surface area contributed by atoms with Gasteiger partial charge in [-0.2, -0.15) is 5.26 Å². The fraction of sp³-hybridized carbons (Fsp3) is 0.0500. The van der Waals surface area contributed by atoms with Gasteiger partial charge in [-0.05, 0) is 61.0 Å². The molecule has 1 amide bonds. The fourth-order valence-corrected chi connectivity index (χ4v) is 2.35. The van der Waals surface area contributed by atoms with Crippen molar-refractivity contribution in [3.05, 3.63) is 83.7 Å². The molecule has 3 aromatic rings. The van der Waals surface area contributed by atoms with Crippen molar-refractivity contribution in [1.29, 1.82) is 5.26 Å². The average molecular weight is 328 g/mol. The van der Waals surface area contributed by atoms with Crippen LogP contribution in [0.5, 0.6) is 0 Å². The molecule has 0 saturated carbocycles. The van der Waals surface area contributed by atoms with Crippen molar-refractivity contribution in [3.63, 3.8) is 0 Å². The van der Waals surface area contributed by atoms with Crippen LogP contribution in [-0.2, 0) is 0 Å². The maximum absolute atomic E-state index is 12.4. The SMILES string of the molecule is Cc1cccc(NC(=O)c2cc(Nc3ccc(C#N)cc3)ccn2)c1. The lowest BCUT2D eigenvalue weighted by molar-refractivity contribution is 0.102. The van der Waals surface area contributed by atoms with E-state index in [1.54, 1.807) is 30.5 Å². The Labute approximate surface area is 146 Å². The van der Waals surface area contributed by atoms with Gasteiger partial charge in [0.25, 0.3) is 5.91 Å². The number of carbonyl (C=O) groups is 1. The number of hydrogen-bond acceptors (Lipinski definition) is 4. The van der Waals surface area contributed by atoms with Crippen LogP contribution < -0.4 is 10.6 Å². The van der Waals surface area contributed by atoms with E-state index >= 15 is 0 Å². The fourth-order valence-electron chi connectivity index (χ4n) is 2.35. The van der Waals surface area contributed by atoms with Gasteiger partial charge < -0.3 is 10.6 Å². The number of amides is 1. The molecule has 0 spiro atoms. The molecule has 1 aromatic heterocycles. The number of aryl methyl sites for hydroxylation is 1. The molecule has 122 valence electrons. The van der Waals surface area contributed by atoms with Crippen molar-refractivity contribution in [2.75, 3.05) is 10.6 Å². The van der Waals surface area contributed by atoms with E-state index in [9.17, 15) is 4.79 Å². The summed E-state index contributed by atoms with van der Waals surface area (Å²) in [4.78, 5) is 16.5. The van der Waals surface area contributed by atoms with Crippen LogP contribution in [0.3, 0.4) is 0 Å². The zero-order valence-corrected chi connectivity index (χ0v) is 13.7. The number of pyridine rings is 1. The van der Waals surface area contributed by atoms with E-state index in [0.717, 1.165) is 22.6 Å². The molecule has 2 aromatic carbocycles. The Kier molecular flexibility index (Phi) is 4.72. The standard InChI is InChI=1S/C20H16N4O/c1-14-3-2-4-17(11-14)24-20(25)19-12-18(9-10-22-19)23-16-7-5-15(13-21)6-8-16/h2-12H,1H3,(H,22,23)(H,24,25). The predicted octanol–water partition coefficient (Wildman–Crippen LogP) is 4.26. The van der Waals surface area contributed by atoms with E-state index in [1.807, 2.05) is 43.3 Å². The molecule has 0 unspecified atom stereocenters. The summed E-state index contributed by atoms with van der Waals surface area (Å²) in [5, 5.41) is 14.9. The first-order chi connectivity index (χ1) is 12.1. The van der Waals surface area contributed by atoms with E-state index < -0.39 is 0 Å². The number of aromatic nitrogens is 1. The monoisotopic (exact) mass is 328 g/mol. The number of nitrogens with zero attached hydrogens (tertiary/aromatic N) is 2. The van der Waals surface area contributed by atoms with Crippen LogP contribution in [0.1, 0.15) is 21.6 Å². The maximum atomic E-state index is 12.4. The second-order valence-corrected chi connectivity index (χ2v) is 5.57. The quantitative estimate of drug-likeness (QED) is 0.750. The number of nitrogens with one attached hydrogen (secondary N) is 2. The summed E-state index contributed by atoms with van der Waals surface area (Å²) in [5.41, 5.74) is 4.29. The third-order valence-electron chi connectivity index (χ3n) is 3.57. The second kappa shape index (κ2) is 7.28. The molecule has 0 aliphatic rings. The first kappa shape index (κ1) is 16.2. The van der Waals surface area contributed by atoms with Gasteiger partial charge in [0.15, 0.2) is 0 Å². The molecule has 25 heavy (non-hydrogen) atoms. The number of nitriles is 1. The molecule has 0 saturated heterocycles. The molecule has 1 heterocycles. The summed E-state index contributed by atoms with van der Waals surface area (Å²) in [6.45, 7) is 1.97. The van der Waals surface area contributed by atoms with Gasteiger partial charge in [0, 0.05) is 23.3 Å². The van der Waals surface area contributed by atoms with Gasteiger partial charge in [0.1, 0.15) is 5.69 Å². The lowest BCUT2D eigenvalue weighted by Gasteiger charge is -2.09. The van der Waals surface area contributed by atoms with Crippen molar-refractivity contribution in [3.8, 4) is 6.07 Å². The van der Waals surface area contributed by atoms with Crippen molar-refractivity contribution in [2.24, 2.45) is 0 Å². The number of rotatable bonds is 4. The Hall–Kier alpha value is -3.65. The summed E-state index contributed by atoms with van der Waals surface area (Å²) in [6.07, 6.45) is 1.58. The second-order valence-electron chi connectivity index (χ2n) is 5.57. The summed E-state index contributed by atoms with van der Waals surface area (Å²) in [6, 6.07) is 20.2. The van der Waals surface area contributed by atoms with Crippen LogP contribution in [0.25, 0.3) is 0 Å². The number of anilines is 3. The largest absolute Gasteiger partial charge is 0.355 e. The molecule has 0 bridgehead atoms. The Morgan fingerprint density at radius 3 is 2.52 bits per heavy atom. The molecule has 3 rings (SSSR count). The molecule has 0 atom stereocenters. The lowest BCUT2D eigenvalue weighted by Crippen LogP contribution is -2.13. The summed E-state index contributed by atoms with van der Waals surface area (Å²) in [5.74, 6) is -0.269. The first-order valence-corrected chi connectivity index (χ1v) is 7.75. The number of hydrogen-bond donors (Lipinski definition) is 2. The molecule has 0 fully saturated rings. The van der Waals surface area contributed by atoms with E-state index in [0.29, 0.717) is 11.3 Å². The van der Waals surface area contributed by atoms with E-state index in [4.69, 9.17) is 5.26 Å². The van der Waals surface area contributed by atoms with Crippen LogP contribution in [-0.4, -0.2) is 10.9 Å². The van der Waals surface area contributed by atoms with Crippen molar-refractivity contribution in [2.45, 2.75) is 6.92 Å². The number of benzene rings is 2. The highest BCUT2D eigenvalue weighted by molar-refractivity contribution is 6.03. The zero-order chi connectivity index (χ0) is 17.6. The van der Waals surface area contributed by atoms with Crippen LogP contribution in [0.2, 0.25) is 0 Å². The molecule has 0 aliphatic carbocycles. The average Bonchev–Trinajstić information content (AvgIpc) is 2.62. The molecule has 0 radical (unpaired) electrons. The first-order valence-electron chi connectivity index (χ1n) is 7.75. The van der Waals surface area contributed by atoms with E-state index in [1.165, 1.54) is 0 Å². The smallest absolute Gasteiger partial charge is 0.274 e. The molecule has 5 nitrogen and oxygen atoms in total. The van der Waals surface area contributed by atoms with Crippen molar-refractivity contribution >= 4 is 23.0 Å². The van der Waals surface area contributed by atoms with Gasteiger partial charge in [-0.25, -0.2) is 0 Å². The highest BCUT2D eigenvalue weighted by atomic mass is 16.1. The third-order valence-corrected chi connectivity index (χ3v) is 3.57. The molecule has 2 N–H and O–H groups in total. The van der Waals surface area contributed by atoms with Gasteiger partial charge in [0.2, 0.25) is 0 Å². The Balaban J connectivity index is 1.74. The Morgan fingerprint density at radius 2 is 1.80 bits per heavy atom. The minimum atomic E-state index is -0.269. The highest BCUT2D eigenvalue weighted by Gasteiger charge is 2.09. The lowest BCUT2D eigenvalue weighted by atomic mass is 10.2. The van der Waals surface area contributed by atoms with Crippen molar-refractivity contribution in [1.82, 2.24) is 4.98 Å². The summed E-state index contributed by atoms with van der Waals surface area (Å²) >= 11 is 0. The van der Waals surface area contributed by atoms with Gasteiger partial charge in [-0.15, -0.1) is 0 Å². The molecular weight excluding hydrogens is 312 g/mol. The molecule has 0 aliphatic heterocycles. The zero-order valence-electron chi connectivity index (χ0n) is 13.7. The number of carbonyl (C=O) groups excluding carboxylic acids is 1. The van der Waals surface area contributed by atoms with Gasteiger partial charge in [0.05, 0.1) is 11.6 Å². The van der Waals surface area contributed by atoms with Gasteiger partial charge in [-0.1, -0.05) is 12.1 Å². The van der Waals surface area contributed by atoms with E-state index in [-0.39, 0.29) is 5.91 Å². The molecular formula is C20H16N4O. The Bertz CT molecular complexity index is 942. The summed E-state index contributed by atoms with van der Waals surface area (Å²) < 4.78 is 0. The summed E-state index contributed by atoms with van der Waals surface area (Å²) in [7, 11) is 0. The predicted molar refractivity (Wildman–Crippen MR) is 97.8 cm³/mol. The topological polar surface area (TPSA) is 77.8 Å². The van der Waals surface area contributed by atoms with Crippen LogP contribution in [0, 0.1) is 18.3 Å². The van der Waals surface area contributed by atoms with Crippen molar-refractivity contribution < 1.29 is 4.79 Å². The van der Waals surface area contributed by atoms with Crippen LogP contribution >= 0.6 is 0 Å². The molecule has 5 heteroatoms. The van der Waals surface area contributed by atoms with Gasteiger partial charge in [-0.3, -0.25) is 9.78 Å². The minimum absolute atomic E-state index is 0.269. The normalized spacial score (nSPS) is 9.92. The maximum Gasteiger partial charge on any atom is 0.274 e. The highest BCUT2D eigenvalue weighted by Crippen LogP contribution is 2.18. The van der Waals surface area contributed by atoms with Crippen LogP contribution in [0.4, 0.5) is 17.1 Å². The van der Waals surface area contributed by atoms with E-state index in [2.05, 4.69) is 21.7 Å². The third kappa shape index (κ3) is 4.21.